The van der Waals surface area contributed by atoms with E-state index in [1.807, 2.05) is 18.2 Å². The summed E-state index contributed by atoms with van der Waals surface area (Å²) in [5, 5.41) is 0. The molecule has 1 aliphatic heterocycles. The predicted molar refractivity (Wildman–Crippen MR) is 118 cm³/mol. The summed E-state index contributed by atoms with van der Waals surface area (Å²) >= 11 is 1.33. The number of hydrogen-bond donors (Lipinski definition) is 0. The molecule has 8 heteroatoms. The molecule has 2 aromatic rings. The number of fused-ring (bicyclic) bond motifs is 1. The second-order valence-corrected chi connectivity index (χ2v) is 7.82. The quantitative estimate of drug-likeness (QED) is 0.381. The van der Waals surface area contributed by atoms with Crippen molar-refractivity contribution in [1.82, 2.24) is 0 Å². The van der Waals surface area contributed by atoms with Gasteiger partial charge in [-0.3, -0.25) is 19.3 Å². The second-order valence-electron chi connectivity index (χ2n) is 6.74. The van der Waals surface area contributed by atoms with Gasteiger partial charge in [0.15, 0.2) is 11.5 Å². The number of aryl methyl sites for hydroxylation is 1. The molecule has 0 N–H and O–H groups in total. The number of rotatable bonds is 6. The van der Waals surface area contributed by atoms with Crippen molar-refractivity contribution in [2.75, 3.05) is 25.2 Å². The third-order valence-electron chi connectivity index (χ3n) is 4.45. The first-order chi connectivity index (χ1) is 14.8. The number of anilines is 1. The van der Waals surface area contributed by atoms with E-state index in [9.17, 15) is 14.4 Å². The van der Waals surface area contributed by atoms with Crippen LogP contribution in [-0.2, 0) is 19.1 Å². The second kappa shape index (κ2) is 9.70. The van der Waals surface area contributed by atoms with Gasteiger partial charge < -0.3 is 14.2 Å². The normalized spacial score (nSPS) is 14.3. The molecule has 0 radical (unpaired) electrons. The van der Waals surface area contributed by atoms with Crippen molar-refractivity contribution in [3.8, 4) is 11.5 Å². The Balaban J connectivity index is 2.00. The molecular weight excluding hydrogens is 418 g/mol. The molecule has 0 spiro atoms. The van der Waals surface area contributed by atoms with Crippen molar-refractivity contribution in [1.29, 1.82) is 0 Å². The van der Waals surface area contributed by atoms with Crippen LogP contribution in [0, 0.1) is 6.92 Å². The first-order valence-corrected chi connectivity index (χ1v) is 10.5. The van der Waals surface area contributed by atoms with E-state index in [0.29, 0.717) is 33.2 Å². The lowest BCUT2D eigenvalue weighted by molar-refractivity contribution is -0.142. The Morgan fingerprint density at radius 2 is 1.94 bits per heavy atom. The maximum atomic E-state index is 13.2. The summed E-state index contributed by atoms with van der Waals surface area (Å²) < 4.78 is 15.7. The van der Waals surface area contributed by atoms with Gasteiger partial charge in [-0.1, -0.05) is 23.9 Å². The van der Waals surface area contributed by atoms with E-state index in [-0.39, 0.29) is 19.1 Å². The molecule has 1 heterocycles. The van der Waals surface area contributed by atoms with E-state index in [2.05, 4.69) is 0 Å². The highest BCUT2D eigenvalue weighted by Gasteiger charge is 2.31. The average molecular weight is 442 g/mol. The first kappa shape index (κ1) is 22.4. The number of hydrogen-bond acceptors (Lipinski definition) is 7. The molecule has 31 heavy (non-hydrogen) atoms. The van der Waals surface area contributed by atoms with E-state index >= 15 is 0 Å². The highest BCUT2D eigenvalue weighted by molar-refractivity contribution is 8.04. The van der Waals surface area contributed by atoms with Crippen LogP contribution in [0.2, 0.25) is 0 Å². The molecule has 2 aromatic carbocycles. The SMILES string of the molecule is CCOC(=O)CN1C(=O)C(=Cc2cc(C)c(OC(C)=O)c(OC)c2)Sc2ccccc21. The lowest BCUT2D eigenvalue weighted by Gasteiger charge is -2.29. The van der Waals surface area contributed by atoms with Crippen LogP contribution in [-0.4, -0.2) is 38.1 Å². The van der Waals surface area contributed by atoms with Crippen LogP contribution >= 0.6 is 11.8 Å². The first-order valence-electron chi connectivity index (χ1n) is 9.67. The van der Waals surface area contributed by atoms with E-state index in [1.165, 1.54) is 30.7 Å². The van der Waals surface area contributed by atoms with Gasteiger partial charge in [-0.25, -0.2) is 0 Å². The molecular formula is C23H23NO6S. The Morgan fingerprint density at radius 3 is 2.61 bits per heavy atom. The standard InChI is InChI=1S/C23H23NO6S/c1-5-29-21(26)13-24-17-8-6-7-9-19(17)31-20(23(24)27)12-16-10-14(2)22(30-15(3)25)18(11-16)28-4/h6-12H,5,13H2,1-4H3. The van der Waals surface area contributed by atoms with Crippen molar-refractivity contribution in [3.63, 3.8) is 0 Å². The van der Waals surface area contributed by atoms with Crippen LogP contribution < -0.4 is 14.4 Å². The zero-order valence-corrected chi connectivity index (χ0v) is 18.6. The fraction of sp³-hybridized carbons (Fsp3) is 0.261. The maximum absolute atomic E-state index is 13.2. The number of benzene rings is 2. The molecule has 0 saturated carbocycles. The van der Waals surface area contributed by atoms with Crippen molar-refractivity contribution in [2.45, 2.75) is 25.7 Å². The smallest absolute Gasteiger partial charge is 0.326 e. The Bertz CT molecular complexity index is 1060. The number of nitrogens with zero attached hydrogens (tertiary/aromatic N) is 1. The van der Waals surface area contributed by atoms with Crippen LogP contribution in [0.1, 0.15) is 25.0 Å². The van der Waals surface area contributed by atoms with Crippen molar-refractivity contribution < 1.29 is 28.6 Å². The summed E-state index contributed by atoms with van der Waals surface area (Å²) in [5.41, 5.74) is 2.07. The summed E-state index contributed by atoms with van der Waals surface area (Å²) in [6, 6.07) is 10.9. The lowest BCUT2D eigenvalue weighted by Crippen LogP contribution is -2.39. The minimum absolute atomic E-state index is 0.171. The van der Waals surface area contributed by atoms with Gasteiger partial charge in [-0.05, 0) is 55.3 Å². The summed E-state index contributed by atoms with van der Waals surface area (Å²) in [6.07, 6.45) is 1.73. The van der Waals surface area contributed by atoms with Crippen molar-refractivity contribution in [3.05, 3.63) is 52.4 Å². The summed E-state index contributed by atoms with van der Waals surface area (Å²) in [4.78, 5) is 39.4. The topological polar surface area (TPSA) is 82.1 Å². The Kier molecular flexibility index (Phi) is 7.02. The number of carbonyl (C=O) groups excluding carboxylic acids is 3. The van der Waals surface area contributed by atoms with E-state index in [1.54, 1.807) is 38.1 Å². The zero-order chi connectivity index (χ0) is 22.5. The fourth-order valence-electron chi connectivity index (χ4n) is 3.18. The highest BCUT2D eigenvalue weighted by Crippen LogP contribution is 2.42. The zero-order valence-electron chi connectivity index (χ0n) is 17.8. The number of thioether (sulfide) groups is 1. The summed E-state index contributed by atoms with van der Waals surface area (Å²) in [7, 11) is 1.48. The fourth-order valence-corrected chi connectivity index (χ4v) is 4.24. The van der Waals surface area contributed by atoms with Gasteiger partial charge in [0.2, 0.25) is 0 Å². The third-order valence-corrected chi connectivity index (χ3v) is 5.53. The van der Waals surface area contributed by atoms with Crippen LogP contribution in [0.15, 0.2) is 46.2 Å². The van der Waals surface area contributed by atoms with Gasteiger partial charge in [0.1, 0.15) is 6.54 Å². The maximum Gasteiger partial charge on any atom is 0.326 e. The van der Waals surface area contributed by atoms with Gasteiger partial charge >= 0.3 is 11.9 Å². The predicted octanol–water partition coefficient (Wildman–Crippen LogP) is 3.97. The van der Waals surface area contributed by atoms with Crippen LogP contribution in [0.3, 0.4) is 0 Å². The van der Waals surface area contributed by atoms with E-state index in [4.69, 9.17) is 14.2 Å². The molecule has 0 aliphatic carbocycles. The molecule has 0 atom stereocenters. The number of para-hydroxylation sites is 1. The van der Waals surface area contributed by atoms with Crippen LogP contribution in [0.25, 0.3) is 6.08 Å². The summed E-state index contributed by atoms with van der Waals surface area (Å²) in [6.45, 7) is 4.91. The minimum Gasteiger partial charge on any atom is -0.493 e. The van der Waals surface area contributed by atoms with Crippen LogP contribution in [0.4, 0.5) is 5.69 Å². The highest BCUT2D eigenvalue weighted by atomic mass is 32.2. The third kappa shape index (κ3) is 5.08. The molecule has 0 unspecified atom stereocenters. The van der Waals surface area contributed by atoms with Gasteiger partial charge in [0, 0.05) is 11.8 Å². The number of carbonyl (C=O) groups is 3. The van der Waals surface area contributed by atoms with Gasteiger partial charge in [-0.2, -0.15) is 0 Å². The van der Waals surface area contributed by atoms with Gasteiger partial charge in [-0.15, -0.1) is 0 Å². The molecule has 0 aromatic heterocycles. The molecule has 0 saturated heterocycles. The number of esters is 2. The number of ether oxygens (including phenoxy) is 3. The van der Waals surface area contributed by atoms with Crippen LogP contribution in [0.5, 0.6) is 11.5 Å². The van der Waals surface area contributed by atoms with Crippen molar-refractivity contribution >= 4 is 41.4 Å². The number of amides is 1. The molecule has 0 fully saturated rings. The van der Waals surface area contributed by atoms with Gasteiger partial charge in [0.05, 0.1) is 24.3 Å². The molecule has 162 valence electrons. The number of methoxy groups -OCH3 is 1. The Hall–Kier alpha value is -3.26. The van der Waals surface area contributed by atoms with E-state index in [0.717, 1.165) is 4.90 Å². The van der Waals surface area contributed by atoms with E-state index < -0.39 is 11.9 Å². The molecule has 7 nitrogen and oxygen atoms in total. The molecule has 3 rings (SSSR count). The molecule has 1 aliphatic rings. The summed E-state index contributed by atoms with van der Waals surface area (Å²) in [5.74, 6) is -0.484. The molecule has 0 bridgehead atoms. The largest absolute Gasteiger partial charge is 0.493 e. The van der Waals surface area contributed by atoms with Gasteiger partial charge in [0.25, 0.3) is 5.91 Å². The lowest BCUT2D eigenvalue weighted by atomic mass is 10.1. The van der Waals surface area contributed by atoms with Crippen molar-refractivity contribution in [2.24, 2.45) is 0 Å². The minimum atomic E-state index is -0.472. The average Bonchev–Trinajstić information content (AvgIpc) is 2.72. The monoisotopic (exact) mass is 441 g/mol. The Morgan fingerprint density at radius 1 is 1.19 bits per heavy atom. The Labute approximate surface area is 185 Å². The molecule has 1 amide bonds.